The number of hydrogen-bond donors (Lipinski definition) is 0. The molecule has 0 nitrogen and oxygen atoms in total. The van der Waals surface area contributed by atoms with Crippen molar-refractivity contribution in [2.24, 2.45) is 0 Å². The van der Waals surface area contributed by atoms with Gasteiger partial charge in [-0.3, -0.25) is 0 Å². The molecule has 0 bridgehead atoms. The molecule has 0 radical (unpaired) electrons. The second-order valence-corrected chi connectivity index (χ2v) is 9.57. The highest BCUT2D eigenvalue weighted by Crippen LogP contribution is 2.35. The lowest BCUT2D eigenvalue weighted by Crippen LogP contribution is -1.81. The standard InChI is InChI=1S/C7H4Br3Cl.C7H6BrCl/c8-4-1-2-5(7(9)10)6(11)3-4;1-5-2-3-6(8)4-7(5)9/h1-3,7H;2-4H,1H3. The normalized spacial score (nSPS) is 10.2. The summed E-state index contributed by atoms with van der Waals surface area (Å²) in [6.45, 7) is 1.98. The number of alkyl halides is 2. The van der Waals surface area contributed by atoms with E-state index < -0.39 is 0 Å². The molecule has 108 valence electrons. The Morgan fingerprint density at radius 2 is 1.35 bits per heavy atom. The highest BCUT2D eigenvalue weighted by Gasteiger charge is 2.06. The quantitative estimate of drug-likeness (QED) is 0.304. The molecular formula is C14H10Br4Cl2. The Bertz CT molecular complexity index is 585. The molecular weight excluding hydrogens is 559 g/mol. The molecule has 0 spiro atoms. The molecule has 0 aromatic heterocycles. The van der Waals surface area contributed by atoms with Crippen molar-refractivity contribution >= 4 is 86.9 Å². The van der Waals surface area contributed by atoms with Crippen LogP contribution in [0, 0.1) is 6.92 Å². The van der Waals surface area contributed by atoms with E-state index >= 15 is 0 Å². The largest absolute Gasteiger partial charge is 0.0960 e. The van der Waals surface area contributed by atoms with Gasteiger partial charge in [0, 0.05) is 19.0 Å². The Morgan fingerprint density at radius 1 is 0.850 bits per heavy atom. The van der Waals surface area contributed by atoms with Crippen LogP contribution in [-0.2, 0) is 0 Å². The fraction of sp³-hybridized carbons (Fsp3) is 0.143. The molecule has 20 heavy (non-hydrogen) atoms. The molecule has 6 heteroatoms. The summed E-state index contributed by atoms with van der Waals surface area (Å²) in [6.07, 6.45) is 0. The Morgan fingerprint density at radius 3 is 1.75 bits per heavy atom. The van der Waals surface area contributed by atoms with Crippen molar-refractivity contribution in [1.29, 1.82) is 0 Å². The fourth-order valence-electron chi connectivity index (χ4n) is 1.25. The second kappa shape index (κ2) is 9.16. The molecule has 0 heterocycles. The predicted octanol–water partition coefficient (Wildman–Crippen LogP) is 8.30. The summed E-state index contributed by atoms with van der Waals surface area (Å²) in [5, 5.41) is 1.56. The third-order valence-corrected chi connectivity index (χ3v) is 5.04. The minimum Gasteiger partial charge on any atom is -0.0840 e. The number of halogens is 6. The minimum atomic E-state index is 0.121. The van der Waals surface area contributed by atoms with Gasteiger partial charge < -0.3 is 0 Å². The third kappa shape index (κ3) is 6.37. The number of benzene rings is 2. The van der Waals surface area contributed by atoms with Gasteiger partial charge in [0.05, 0.1) is 3.74 Å². The summed E-state index contributed by atoms with van der Waals surface area (Å²) in [7, 11) is 0. The Kier molecular flexibility index (Phi) is 8.70. The van der Waals surface area contributed by atoms with Gasteiger partial charge in [0.2, 0.25) is 0 Å². The highest BCUT2D eigenvalue weighted by molar-refractivity contribution is 9.24. The van der Waals surface area contributed by atoms with E-state index in [0.29, 0.717) is 0 Å². The van der Waals surface area contributed by atoms with Gasteiger partial charge in [-0.05, 0) is 42.3 Å². The summed E-state index contributed by atoms with van der Waals surface area (Å²) in [6, 6.07) is 11.6. The van der Waals surface area contributed by atoms with E-state index in [1.807, 2.05) is 43.3 Å². The molecule has 2 aromatic rings. The molecule has 0 aliphatic carbocycles. The van der Waals surface area contributed by atoms with Crippen LogP contribution in [0.2, 0.25) is 10.0 Å². The molecule has 0 aliphatic rings. The fourth-order valence-corrected chi connectivity index (χ4v) is 3.76. The first-order chi connectivity index (χ1) is 9.31. The first-order valence-electron chi connectivity index (χ1n) is 5.46. The van der Waals surface area contributed by atoms with Gasteiger partial charge in [-0.1, -0.05) is 99.1 Å². The minimum absolute atomic E-state index is 0.121. The SMILES string of the molecule is Cc1ccc(Br)cc1Cl.Clc1cc(Br)ccc1C(Br)Br. The van der Waals surface area contributed by atoms with Gasteiger partial charge in [-0.2, -0.15) is 0 Å². The van der Waals surface area contributed by atoms with Gasteiger partial charge in [0.1, 0.15) is 0 Å². The average molecular weight is 569 g/mol. The summed E-state index contributed by atoms with van der Waals surface area (Å²) >= 11 is 25.1. The lowest BCUT2D eigenvalue weighted by molar-refractivity contribution is 1.41. The Balaban J connectivity index is 0.000000204. The van der Waals surface area contributed by atoms with Crippen molar-refractivity contribution in [2.75, 3.05) is 0 Å². The number of hydrogen-bond acceptors (Lipinski definition) is 0. The second-order valence-electron chi connectivity index (χ2n) is 3.86. The Labute approximate surface area is 162 Å². The molecule has 0 saturated carbocycles. The molecule has 0 N–H and O–H groups in total. The van der Waals surface area contributed by atoms with Crippen molar-refractivity contribution in [2.45, 2.75) is 10.7 Å². The zero-order chi connectivity index (χ0) is 15.3. The van der Waals surface area contributed by atoms with E-state index in [1.54, 1.807) is 0 Å². The van der Waals surface area contributed by atoms with E-state index in [-0.39, 0.29) is 3.74 Å². The van der Waals surface area contributed by atoms with Gasteiger partial charge in [0.25, 0.3) is 0 Å². The summed E-state index contributed by atoms with van der Waals surface area (Å²) in [4.78, 5) is 0. The van der Waals surface area contributed by atoms with Crippen molar-refractivity contribution in [3.63, 3.8) is 0 Å². The predicted molar refractivity (Wildman–Crippen MR) is 104 cm³/mol. The van der Waals surface area contributed by atoms with Crippen molar-refractivity contribution < 1.29 is 0 Å². The monoisotopic (exact) mass is 564 g/mol. The summed E-state index contributed by atoms with van der Waals surface area (Å²) < 4.78 is 2.14. The van der Waals surface area contributed by atoms with Crippen LogP contribution in [0.5, 0.6) is 0 Å². The van der Waals surface area contributed by atoms with Crippen LogP contribution < -0.4 is 0 Å². The van der Waals surface area contributed by atoms with E-state index in [0.717, 1.165) is 30.1 Å². The first-order valence-corrected chi connectivity index (χ1v) is 9.63. The number of rotatable bonds is 1. The maximum atomic E-state index is 5.93. The van der Waals surface area contributed by atoms with Crippen LogP contribution in [0.1, 0.15) is 14.9 Å². The zero-order valence-corrected chi connectivity index (χ0v) is 18.2. The van der Waals surface area contributed by atoms with Crippen molar-refractivity contribution in [3.05, 3.63) is 66.5 Å². The van der Waals surface area contributed by atoms with Crippen molar-refractivity contribution in [3.8, 4) is 0 Å². The molecule has 0 unspecified atom stereocenters. The van der Waals surface area contributed by atoms with Crippen LogP contribution in [0.25, 0.3) is 0 Å². The van der Waals surface area contributed by atoms with Crippen LogP contribution in [-0.4, -0.2) is 0 Å². The van der Waals surface area contributed by atoms with Crippen LogP contribution in [0.3, 0.4) is 0 Å². The molecule has 0 saturated heterocycles. The smallest absolute Gasteiger partial charge is 0.0840 e. The van der Waals surface area contributed by atoms with Crippen molar-refractivity contribution in [1.82, 2.24) is 0 Å². The average Bonchev–Trinajstić information content (AvgIpc) is 2.34. The van der Waals surface area contributed by atoms with E-state index in [2.05, 4.69) is 63.7 Å². The molecule has 0 fully saturated rings. The van der Waals surface area contributed by atoms with E-state index in [1.165, 1.54) is 0 Å². The maximum Gasteiger partial charge on any atom is 0.0960 e. The maximum absolute atomic E-state index is 5.93. The van der Waals surface area contributed by atoms with Crippen LogP contribution in [0.4, 0.5) is 0 Å². The first kappa shape index (κ1) is 19.0. The van der Waals surface area contributed by atoms with Gasteiger partial charge >= 0.3 is 0 Å². The topological polar surface area (TPSA) is 0 Å². The Hall–Kier alpha value is 0.940. The number of aryl methyl sites for hydroxylation is 1. The summed E-state index contributed by atoms with van der Waals surface area (Å²) in [5.74, 6) is 0. The zero-order valence-electron chi connectivity index (χ0n) is 10.3. The molecule has 2 rings (SSSR count). The van der Waals surface area contributed by atoms with E-state index in [4.69, 9.17) is 23.2 Å². The molecule has 0 amide bonds. The third-order valence-electron chi connectivity index (χ3n) is 2.33. The summed E-state index contributed by atoms with van der Waals surface area (Å²) in [5.41, 5.74) is 2.15. The van der Waals surface area contributed by atoms with Gasteiger partial charge in [-0.15, -0.1) is 0 Å². The van der Waals surface area contributed by atoms with Crippen LogP contribution >= 0.6 is 86.9 Å². The highest BCUT2D eigenvalue weighted by atomic mass is 79.9. The van der Waals surface area contributed by atoms with Crippen LogP contribution in [0.15, 0.2) is 45.3 Å². The lowest BCUT2D eigenvalue weighted by Gasteiger charge is -2.04. The molecule has 2 aromatic carbocycles. The molecule has 0 aliphatic heterocycles. The van der Waals surface area contributed by atoms with Gasteiger partial charge in [0.15, 0.2) is 0 Å². The van der Waals surface area contributed by atoms with E-state index in [9.17, 15) is 0 Å². The van der Waals surface area contributed by atoms with Gasteiger partial charge in [-0.25, -0.2) is 0 Å². The molecule has 0 atom stereocenters. The lowest BCUT2D eigenvalue weighted by atomic mass is 10.2.